The van der Waals surface area contributed by atoms with Crippen LogP contribution in [0.4, 0.5) is 5.69 Å². The average Bonchev–Trinajstić information content (AvgIpc) is 2.27. The van der Waals surface area contributed by atoms with Gasteiger partial charge in [-0.2, -0.15) is 0 Å². The second-order valence-corrected chi connectivity index (χ2v) is 3.79. The van der Waals surface area contributed by atoms with E-state index in [0.29, 0.717) is 0 Å². The Balaban J connectivity index is 0.00000128. The van der Waals surface area contributed by atoms with E-state index in [9.17, 15) is 10.1 Å². The molecule has 0 saturated heterocycles. The van der Waals surface area contributed by atoms with Crippen molar-refractivity contribution < 1.29 is 4.92 Å². The summed E-state index contributed by atoms with van der Waals surface area (Å²) in [6.45, 7) is 4.88. The monoisotopic (exact) mass is 242 g/mol. The smallest absolute Gasteiger partial charge is 0.272 e. The van der Waals surface area contributed by atoms with Crippen molar-refractivity contribution >= 4 is 18.1 Å². The highest BCUT2D eigenvalue weighted by atomic mass is 35.5. The average molecular weight is 243 g/mol. The van der Waals surface area contributed by atoms with Crippen molar-refractivity contribution in [3.05, 3.63) is 39.4 Å². The summed E-state index contributed by atoms with van der Waals surface area (Å²) >= 11 is 0. The lowest BCUT2D eigenvalue weighted by Gasteiger charge is -2.26. The highest BCUT2D eigenvalue weighted by molar-refractivity contribution is 5.85. The first-order valence-electron chi connectivity index (χ1n) is 5.20. The molecule has 0 N–H and O–H groups in total. The molecule has 0 amide bonds. The molecule has 0 spiro atoms. The van der Waals surface area contributed by atoms with Crippen LogP contribution in [-0.4, -0.2) is 22.9 Å². The molecule has 1 aliphatic rings. The van der Waals surface area contributed by atoms with E-state index in [4.69, 9.17) is 0 Å². The predicted molar refractivity (Wildman–Crippen MR) is 65.0 cm³/mol. The van der Waals surface area contributed by atoms with Gasteiger partial charge >= 0.3 is 0 Å². The second-order valence-electron chi connectivity index (χ2n) is 3.79. The molecule has 88 valence electrons. The fourth-order valence-corrected chi connectivity index (χ4v) is 2.09. The molecule has 0 saturated carbocycles. The van der Waals surface area contributed by atoms with Crippen molar-refractivity contribution in [1.29, 1.82) is 0 Å². The first-order valence-corrected chi connectivity index (χ1v) is 5.20. The molecule has 0 atom stereocenters. The van der Waals surface area contributed by atoms with E-state index in [2.05, 4.69) is 11.8 Å². The number of rotatable bonds is 2. The SMILES string of the molecule is CCN1CCc2c(cccc2[N+](=O)[O-])C1.Cl. The third-order valence-electron chi connectivity index (χ3n) is 2.96. The molecular weight excluding hydrogens is 228 g/mol. The van der Waals surface area contributed by atoms with Gasteiger partial charge in [-0.1, -0.05) is 19.1 Å². The molecule has 1 aromatic carbocycles. The molecule has 0 radical (unpaired) electrons. The van der Waals surface area contributed by atoms with Crippen LogP contribution in [0.1, 0.15) is 18.1 Å². The summed E-state index contributed by atoms with van der Waals surface area (Å²) in [4.78, 5) is 12.8. The number of benzene rings is 1. The van der Waals surface area contributed by atoms with Crippen molar-refractivity contribution in [3.8, 4) is 0 Å². The van der Waals surface area contributed by atoms with Crippen LogP contribution in [0.2, 0.25) is 0 Å². The zero-order valence-electron chi connectivity index (χ0n) is 9.18. The zero-order valence-corrected chi connectivity index (χ0v) is 10.00. The van der Waals surface area contributed by atoms with E-state index in [-0.39, 0.29) is 23.0 Å². The fraction of sp³-hybridized carbons (Fsp3) is 0.455. The standard InChI is InChI=1S/C11H14N2O2.ClH/c1-2-12-7-6-10-9(8-12)4-3-5-11(10)13(14)15;/h3-5H,2,6-8H2,1H3;1H. The van der Waals surface area contributed by atoms with Gasteiger partial charge in [0.05, 0.1) is 4.92 Å². The maximum Gasteiger partial charge on any atom is 0.272 e. The van der Waals surface area contributed by atoms with Crippen molar-refractivity contribution in [2.45, 2.75) is 19.9 Å². The Kier molecular flexibility index (Phi) is 4.26. The van der Waals surface area contributed by atoms with E-state index in [0.717, 1.165) is 37.2 Å². The van der Waals surface area contributed by atoms with Crippen LogP contribution >= 0.6 is 12.4 Å². The Labute approximate surface area is 101 Å². The second kappa shape index (κ2) is 5.27. The molecule has 0 bridgehead atoms. The fourth-order valence-electron chi connectivity index (χ4n) is 2.09. The minimum absolute atomic E-state index is 0. The third kappa shape index (κ3) is 2.33. The molecule has 0 unspecified atom stereocenters. The van der Waals surface area contributed by atoms with E-state index < -0.39 is 0 Å². The first-order chi connectivity index (χ1) is 7.22. The number of nitro groups is 1. The van der Waals surface area contributed by atoms with Crippen LogP contribution in [0.15, 0.2) is 18.2 Å². The van der Waals surface area contributed by atoms with E-state index in [1.54, 1.807) is 12.1 Å². The van der Waals surface area contributed by atoms with Crippen LogP contribution in [0.3, 0.4) is 0 Å². The van der Waals surface area contributed by atoms with Gasteiger partial charge in [0.25, 0.3) is 5.69 Å². The maximum absolute atomic E-state index is 10.8. The molecule has 1 aliphatic heterocycles. The highest BCUT2D eigenvalue weighted by Gasteiger charge is 2.22. The number of nitrogens with zero attached hydrogens (tertiary/aromatic N) is 2. The number of hydrogen-bond acceptors (Lipinski definition) is 3. The molecular formula is C11H15ClN2O2. The number of hydrogen-bond donors (Lipinski definition) is 0. The summed E-state index contributed by atoms with van der Waals surface area (Å²) in [5.74, 6) is 0. The molecule has 0 aromatic heterocycles. The quantitative estimate of drug-likeness (QED) is 0.591. The third-order valence-corrected chi connectivity index (χ3v) is 2.96. The zero-order chi connectivity index (χ0) is 10.8. The van der Waals surface area contributed by atoms with Gasteiger partial charge in [-0.25, -0.2) is 0 Å². The minimum Gasteiger partial charge on any atom is -0.299 e. The van der Waals surface area contributed by atoms with Crippen molar-refractivity contribution in [2.75, 3.05) is 13.1 Å². The number of halogens is 1. The van der Waals surface area contributed by atoms with Crippen molar-refractivity contribution in [1.82, 2.24) is 4.90 Å². The Morgan fingerprint density at radius 2 is 2.25 bits per heavy atom. The van der Waals surface area contributed by atoms with Gasteiger partial charge in [-0.05, 0) is 18.5 Å². The van der Waals surface area contributed by atoms with Gasteiger partial charge < -0.3 is 0 Å². The number of fused-ring (bicyclic) bond motifs is 1. The summed E-state index contributed by atoms with van der Waals surface area (Å²) in [7, 11) is 0. The first kappa shape index (κ1) is 12.9. The Morgan fingerprint density at radius 1 is 1.50 bits per heavy atom. The molecule has 0 fully saturated rings. The number of nitro benzene ring substituents is 1. The normalized spacial score (nSPS) is 15.1. The molecule has 0 aliphatic carbocycles. The molecule has 1 heterocycles. The number of likely N-dealkylation sites (N-methyl/N-ethyl adjacent to an activating group) is 1. The molecule has 2 rings (SSSR count). The van der Waals surface area contributed by atoms with E-state index in [1.165, 1.54) is 0 Å². The highest BCUT2D eigenvalue weighted by Crippen LogP contribution is 2.27. The summed E-state index contributed by atoms with van der Waals surface area (Å²) in [5, 5.41) is 10.8. The van der Waals surface area contributed by atoms with Gasteiger partial charge in [0.1, 0.15) is 0 Å². The van der Waals surface area contributed by atoms with Crippen LogP contribution in [0, 0.1) is 10.1 Å². The summed E-state index contributed by atoms with van der Waals surface area (Å²) in [6, 6.07) is 5.36. The predicted octanol–water partition coefficient (Wildman–Crippen LogP) is 2.39. The largest absolute Gasteiger partial charge is 0.299 e. The summed E-state index contributed by atoms with van der Waals surface area (Å²) in [6.07, 6.45) is 0.792. The van der Waals surface area contributed by atoms with Crippen LogP contribution in [0.25, 0.3) is 0 Å². The van der Waals surface area contributed by atoms with Gasteiger partial charge in [0.15, 0.2) is 0 Å². The molecule has 4 nitrogen and oxygen atoms in total. The Hall–Kier alpha value is -1.13. The topological polar surface area (TPSA) is 46.4 Å². The lowest BCUT2D eigenvalue weighted by molar-refractivity contribution is -0.385. The van der Waals surface area contributed by atoms with Gasteiger partial charge in [0.2, 0.25) is 0 Å². The lowest BCUT2D eigenvalue weighted by atomic mass is 9.98. The minimum atomic E-state index is -0.277. The van der Waals surface area contributed by atoms with Crippen molar-refractivity contribution in [3.63, 3.8) is 0 Å². The van der Waals surface area contributed by atoms with Crippen LogP contribution in [0.5, 0.6) is 0 Å². The molecule has 5 heteroatoms. The Morgan fingerprint density at radius 3 is 2.88 bits per heavy atom. The lowest BCUT2D eigenvalue weighted by Crippen LogP contribution is -2.30. The molecule has 1 aromatic rings. The van der Waals surface area contributed by atoms with Crippen LogP contribution in [-0.2, 0) is 13.0 Å². The van der Waals surface area contributed by atoms with Gasteiger partial charge in [-0.15, -0.1) is 12.4 Å². The van der Waals surface area contributed by atoms with Gasteiger partial charge in [-0.3, -0.25) is 15.0 Å². The summed E-state index contributed by atoms with van der Waals surface area (Å²) < 4.78 is 0. The maximum atomic E-state index is 10.8. The Bertz CT molecular complexity index is 396. The van der Waals surface area contributed by atoms with Crippen molar-refractivity contribution in [2.24, 2.45) is 0 Å². The van der Waals surface area contributed by atoms with Gasteiger partial charge in [0, 0.05) is 24.7 Å². The van der Waals surface area contributed by atoms with E-state index in [1.807, 2.05) is 6.07 Å². The van der Waals surface area contributed by atoms with E-state index >= 15 is 0 Å². The van der Waals surface area contributed by atoms with Crippen LogP contribution < -0.4 is 0 Å². The summed E-state index contributed by atoms with van der Waals surface area (Å²) in [5.41, 5.74) is 2.31. The molecule has 16 heavy (non-hydrogen) atoms.